The van der Waals surface area contributed by atoms with Gasteiger partial charge in [-0.3, -0.25) is 0 Å². The van der Waals surface area contributed by atoms with Gasteiger partial charge in [-0.1, -0.05) is 107 Å². The van der Waals surface area contributed by atoms with Crippen LogP contribution < -0.4 is 0 Å². The number of aromatic nitrogens is 3. The molecule has 0 aliphatic rings. The van der Waals surface area contributed by atoms with Crippen molar-refractivity contribution in [1.29, 1.82) is 0 Å². The molecular formula is C33H20BrN3O. The van der Waals surface area contributed by atoms with Gasteiger partial charge in [0.25, 0.3) is 0 Å². The van der Waals surface area contributed by atoms with Crippen LogP contribution in [-0.2, 0) is 0 Å². The fraction of sp³-hybridized carbons (Fsp3) is 0. The number of hydrogen-bond donors (Lipinski definition) is 0. The minimum absolute atomic E-state index is 0.639. The van der Waals surface area contributed by atoms with E-state index in [9.17, 15) is 0 Å². The van der Waals surface area contributed by atoms with Gasteiger partial charge < -0.3 is 4.42 Å². The molecule has 4 nitrogen and oxygen atoms in total. The summed E-state index contributed by atoms with van der Waals surface area (Å²) in [5, 5.41) is 2.24. The molecule has 0 unspecified atom stereocenters. The Morgan fingerprint density at radius 1 is 0.421 bits per heavy atom. The van der Waals surface area contributed by atoms with Gasteiger partial charge in [-0.25, -0.2) is 15.0 Å². The molecule has 0 spiro atoms. The van der Waals surface area contributed by atoms with Crippen molar-refractivity contribution in [2.24, 2.45) is 0 Å². The zero-order valence-electron chi connectivity index (χ0n) is 20.2. The average Bonchev–Trinajstić information content (AvgIpc) is 3.36. The molecule has 7 aromatic rings. The molecule has 5 aromatic carbocycles. The summed E-state index contributed by atoms with van der Waals surface area (Å²) in [4.78, 5) is 14.5. The van der Waals surface area contributed by atoms with Gasteiger partial charge >= 0.3 is 0 Å². The predicted octanol–water partition coefficient (Wildman–Crippen LogP) is 9.20. The van der Waals surface area contributed by atoms with E-state index in [4.69, 9.17) is 19.4 Å². The van der Waals surface area contributed by atoms with E-state index in [1.54, 1.807) is 0 Å². The molecule has 0 saturated heterocycles. The van der Waals surface area contributed by atoms with Gasteiger partial charge in [0.15, 0.2) is 17.5 Å². The van der Waals surface area contributed by atoms with Crippen molar-refractivity contribution in [2.45, 2.75) is 0 Å². The second-order valence-corrected chi connectivity index (χ2v) is 9.98. The van der Waals surface area contributed by atoms with Crippen LogP contribution >= 0.6 is 15.9 Å². The van der Waals surface area contributed by atoms with E-state index in [2.05, 4.69) is 58.4 Å². The van der Waals surface area contributed by atoms with E-state index >= 15 is 0 Å². The highest BCUT2D eigenvalue weighted by molar-refractivity contribution is 9.10. The summed E-state index contributed by atoms with van der Waals surface area (Å²) >= 11 is 3.51. The number of benzene rings is 5. The van der Waals surface area contributed by atoms with Crippen molar-refractivity contribution in [1.82, 2.24) is 15.0 Å². The van der Waals surface area contributed by atoms with Crippen molar-refractivity contribution >= 4 is 37.9 Å². The number of halogens is 1. The second-order valence-electron chi connectivity index (χ2n) is 9.07. The molecule has 7 rings (SSSR count). The van der Waals surface area contributed by atoms with E-state index in [0.717, 1.165) is 54.2 Å². The Kier molecular flexibility index (Phi) is 5.56. The zero-order valence-corrected chi connectivity index (χ0v) is 21.8. The van der Waals surface area contributed by atoms with Gasteiger partial charge in [0.1, 0.15) is 11.2 Å². The summed E-state index contributed by atoms with van der Waals surface area (Å²) in [6, 6.07) is 40.9. The largest absolute Gasteiger partial charge is 0.456 e. The zero-order chi connectivity index (χ0) is 25.5. The third kappa shape index (κ3) is 4.17. The monoisotopic (exact) mass is 553 g/mol. The Morgan fingerprint density at radius 2 is 0.921 bits per heavy atom. The highest BCUT2D eigenvalue weighted by Crippen LogP contribution is 2.33. The van der Waals surface area contributed by atoms with Crippen LogP contribution in [0.15, 0.2) is 130 Å². The number of furan rings is 1. The average molecular weight is 554 g/mol. The molecular weight excluding hydrogens is 534 g/mol. The Morgan fingerprint density at radius 3 is 1.61 bits per heavy atom. The predicted molar refractivity (Wildman–Crippen MR) is 157 cm³/mol. The van der Waals surface area contributed by atoms with Gasteiger partial charge in [-0.2, -0.15) is 0 Å². The molecule has 180 valence electrons. The molecule has 0 saturated carbocycles. The Labute approximate surface area is 227 Å². The summed E-state index contributed by atoms with van der Waals surface area (Å²) in [5.74, 6) is 1.93. The first-order valence-electron chi connectivity index (χ1n) is 12.3. The third-order valence-corrected chi connectivity index (χ3v) is 7.15. The van der Waals surface area contributed by atoms with Crippen LogP contribution in [0.4, 0.5) is 0 Å². The molecule has 5 heteroatoms. The van der Waals surface area contributed by atoms with Crippen LogP contribution in [0.1, 0.15) is 0 Å². The number of nitrogens with zero attached hydrogens (tertiary/aromatic N) is 3. The van der Waals surface area contributed by atoms with Crippen molar-refractivity contribution in [3.63, 3.8) is 0 Å². The fourth-order valence-electron chi connectivity index (χ4n) is 4.67. The lowest BCUT2D eigenvalue weighted by atomic mass is 10.0. The normalized spacial score (nSPS) is 11.3. The van der Waals surface area contributed by atoms with Crippen LogP contribution in [0.25, 0.3) is 67.2 Å². The van der Waals surface area contributed by atoms with Crippen molar-refractivity contribution < 1.29 is 4.42 Å². The second kappa shape index (κ2) is 9.36. The highest BCUT2D eigenvalue weighted by Gasteiger charge is 2.13. The quantitative estimate of drug-likeness (QED) is 0.218. The van der Waals surface area contributed by atoms with E-state index in [1.807, 2.05) is 78.9 Å². The minimum atomic E-state index is 0.639. The fourth-order valence-corrected chi connectivity index (χ4v) is 4.93. The molecule has 0 radical (unpaired) electrons. The number of hydrogen-bond acceptors (Lipinski definition) is 4. The van der Waals surface area contributed by atoms with E-state index in [-0.39, 0.29) is 0 Å². The molecule has 2 heterocycles. The summed E-state index contributed by atoms with van der Waals surface area (Å²) in [5.41, 5.74) is 6.86. The molecule has 0 atom stereocenters. The van der Waals surface area contributed by atoms with Crippen LogP contribution in [-0.4, -0.2) is 15.0 Å². The topological polar surface area (TPSA) is 51.8 Å². The lowest BCUT2D eigenvalue weighted by Gasteiger charge is -2.09. The minimum Gasteiger partial charge on any atom is -0.456 e. The number of rotatable bonds is 4. The molecule has 0 fully saturated rings. The van der Waals surface area contributed by atoms with Crippen molar-refractivity contribution in [3.8, 4) is 45.3 Å². The molecule has 0 bridgehead atoms. The first-order valence-corrected chi connectivity index (χ1v) is 13.1. The molecule has 38 heavy (non-hydrogen) atoms. The van der Waals surface area contributed by atoms with Crippen molar-refractivity contribution in [3.05, 3.63) is 126 Å². The number of fused-ring (bicyclic) bond motifs is 3. The molecule has 0 N–H and O–H groups in total. The van der Waals surface area contributed by atoms with Crippen LogP contribution in [0.3, 0.4) is 0 Å². The molecule has 0 aliphatic heterocycles. The first-order chi connectivity index (χ1) is 18.7. The highest BCUT2D eigenvalue weighted by atomic mass is 79.9. The van der Waals surface area contributed by atoms with Gasteiger partial charge in [0.2, 0.25) is 0 Å². The van der Waals surface area contributed by atoms with Crippen LogP contribution in [0.2, 0.25) is 0 Å². The molecule has 0 aliphatic carbocycles. The lowest BCUT2D eigenvalue weighted by Crippen LogP contribution is -2.00. The van der Waals surface area contributed by atoms with E-state index < -0.39 is 0 Å². The van der Waals surface area contributed by atoms with Crippen molar-refractivity contribution in [2.75, 3.05) is 0 Å². The summed E-state index contributed by atoms with van der Waals surface area (Å²) in [6.45, 7) is 0. The van der Waals surface area contributed by atoms with E-state index in [1.165, 1.54) is 0 Å². The Balaban J connectivity index is 1.30. The first kappa shape index (κ1) is 22.6. The summed E-state index contributed by atoms with van der Waals surface area (Å²) in [7, 11) is 0. The summed E-state index contributed by atoms with van der Waals surface area (Å²) in [6.07, 6.45) is 0. The smallest absolute Gasteiger partial charge is 0.164 e. The SMILES string of the molecule is Brc1ccc(-c2nc(-c3ccccc3)nc(-c3ccc(-c4ccc5oc6ccccc6c5c4)cc3)n2)cc1. The van der Waals surface area contributed by atoms with Gasteiger partial charge in [0.05, 0.1) is 0 Å². The lowest BCUT2D eigenvalue weighted by molar-refractivity contribution is 0.669. The van der Waals surface area contributed by atoms with Gasteiger partial charge in [-0.05, 0) is 41.5 Å². The van der Waals surface area contributed by atoms with Crippen LogP contribution in [0.5, 0.6) is 0 Å². The maximum atomic E-state index is 6.00. The maximum absolute atomic E-state index is 6.00. The Hall–Kier alpha value is -4.61. The van der Waals surface area contributed by atoms with Gasteiger partial charge in [-0.15, -0.1) is 0 Å². The Bertz CT molecular complexity index is 1910. The molecule has 0 amide bonds. The molecule has 2 aromatic heterocycles. The van der Waals surface area contributed by atoms with Gasteiger partial charge in [0, 0.05) is 31.9 Å². The number of para-hydroxylation sites is 1. The summed E-state index contributed by atoms with van der Waals surface area (Å²) < 4.78 is 7.01. The van der Waals surface area contributed by atoms with Crippen LogP contribution in [0, 0.1) is 0 Å². The maximum Gasteiger partial charge on any atom is 0.164 e. The van der Waals surface area contributed by atoms with E-state index in [0.29, 0.717) is 17.5 Å². The third-order valence-electron chi connectivity index (χ3n) is 6.62. The standard InChI is InChI=1S/C33H20BrN3O/c34-26-17-14-24(15-18-26)33-36-31(22-6-2-1-3-7-22)35-32(37-33)23-12-10-21(11-13-23)25-16-19-30-28(20-25)27-8-4-5-9-29(27)38-30/h1-20H.